The zero-order valence-corrected chi connectivity index (χ0v) is 12.9. The third-order valence-corrected chi connectivity index (χ3v) is 3.41. The van der Waals surface area contributed by atoms with Gasteiger partial charge in [-0.05, 0) is 66.4 Å². The highest BCUT2D eigenvalue weighted by Crippen LogP contribution is 2.28. The summed E-state index contributed by atoms with van der Waals surface area (Å²) in [5.41, 5.74) is 3.99. The second-order valence-electron chi connectivity index (χ2n) is 5.22. The highest BCUT2D eigenvalue weighted by molar-refractivity contribution is 5.69. The molecule has 0 atom stereocenters. The van der Waals surface area contributed by atoms with Crippen LogP contribution in [0.3, 0.4) is 0 Å². The van der Waals surface area contributed by atoms with Gasteiger partial charge < -0.3 is 10.1 Å². The van der Waals surface area contributed by atoms with Crippen molar-refractivity contribution in [1.29, 1.82) is 0 Å². The lowest BCUT2D eigenvalue weighted by Crippen LogP contribution is -2.14. The Morgan fingerprint density at radius 2 is 1.95 bits per heavy atom. The number of hydrogen-bond acceptors (Lipinski definition) is 2. The van der Waals surface area contributed by atoms with Gasteiger partial charge in [0.25, 0.3) is 0 Å². The first-order valence-electron chi connectivity index (χ1n) is 7.29. The minimum atomic E-state index is -0.201. The van der Waals surface area contributed by atoms with Crippen molar-refractivity contribution in [2.75, 3.05) is 13.7 Å². The minimum absolute atomic E-state index is 0.201. The maximum Gasteiger partial charge on any atom is 0.124 e. The van der Waals surface area contributed by atoms with Crippen molar-refractivity contribution in [3.63, 3.8) is 0 Å². The third-order valence-electron chi connectivity index (χ3n) is 3.41. The number of ether oxygens (including phenoxy) is 1. The molecule has 0 radical (unpaired) electrons. The first-order valence-corrected chi connectivity index (χ1v) is 7.29. The molecular weight excluding hydrogens is 265 g/mol. The van der Waals surface area contributed by atoms with E-state index in [2.05, 4.69) is 12.2 Å². The lowest BCUT2D eigenvalue weighted by molar-refractivity contribution is 0.414. The number of aryl methyl sites for hydroxylation is 1. The second-order valence-corrected chi connectivity index (χ2v) is 5.22. The van der Waals surface area contributed by atoms with Gasteiger partial charge in [-0.15, -0.1) is 0 Å². The van der Waals surface area contributed by atoms with Gasteiger partial charge in [0.2, 0.25) is 0 Å². The Morgan fingerprint density at radius 3 is 2.62 bits per heavy atom. The normalized spacial score (nSPS) is 10.7. The van der Waals surface area contributed by atoms with Crippen LogP contribution in [-0.4, -0.2) is 13.7 Å². The molecule has 0 fully saturated rings. The molecule has 0 aliphatic rings. The molecule has 3 heteroatoms. The topological polar surface area (TPSA) is 21.3 Å². The van der Waals surface area contributed by atoms with Crippen LogP contribution in [0.15, 0.2) is 36.4 Å². The summed E-state index contributed by atoms with van der Waals surface area (Å²) >= 11 is 0. The molecule has 0 amide bonds. The van der Waals surface area contributed by atoms with E-state index < -0.39 is 0 Å². The van der Waals surface area contributed by atoms with Crippen molar-refractivity contribution in [3.8, 4) is 16.9 Å². The first-order chi connectivity index (χ1) is 10.1. The molecule has 0 aliphatic heterocycles. The van der Waals surface area contributed by atoms with Crippen molar-refractivity contribution in [2.45, 2.75) is 26.8 Å². The van der Waals surface area contributed by atoms with E-state index in [1.165, 1.54) is 0 Å². The van der Waals surface area contributed by atoms with Crippen LogP contribution in [0.4, 0.5) is 4.39 Å². The summed E-state index contributed by atoms with van der Waals surface area (Å²) < 4.78 is 19.0. The fraction of sp³-hybridized carbons (Fsp3) is 0.333. The van der Waals surface area contributed by atoms with Gasteiger partial charge >= 0.3 is 0 Å². The molecule has 2 nitrogen and oxygen atoms in total. The number of rotatable bonds is 6. The van der Waals surface area contributed by atoms with Gasteiger partial charge in [-0.1, -0.05) is 19.1 Å². The maximum absolute atomic E-state index is 13.7. The fourth-order valence-corrected chi connectivity index (χ4v) is 2.42. The Labute approximate surface area is 126 Å². The molecule has 0 bridgehead atoms. The van der Waals surface area contributed by atoms with Crippen molar-refractivity contribution in [1.82, 2.24) is 5.32 Å². The van der Waals surface area contributed by atoms with E-state index in [1.54, 1.807) is 19.2 Å². The van der Waals surface area contributed by atoms with Crippen molar-refractivity contribution in [3.05, 3.63) is 53.3 Å². The lowest BCUT2D eigenvalue weighted by atomic mass is 9.97. The average Bonchev–Trinajstić information content (AvgIpc) is 2.46. The monoisotopic (exact) mass is 287 g/mol. The van der Waals surface area contributed by atoms with Crippen LogP contribution in [0.2, 0.25) is 0 Å². The van der Waals surface area contributed by atoms with Gasteiger partial charge in [0.05, 0.1) is 7.11 Å². The molecule has 0 heterocycles. The fourth-order valence-electron chi connectivity index (χ4n) is 2.42. The summed E-state index contributed by atoms with van der Waals surface area (Å²) in [6, 6.07) is 11.1. The molecule has 112 valence electrons. The van der Waals surface area contributed by atoms with Crippen LogP contribution < -0.4 is 10.1 Å². The van der Waals surface area contributed by atoms with Crippen molar-refractivity contribution >= 4 is 0 Å². The molecule has 0 aliphatic carbocycles. The van der Waals surface area contributed by atoms with E-state index in [9.17, 15) is 4.39 Å². The molecule has 1 N–H and O–H groups in total. The third kappa shape index (κ3) is 4.05. The summed E-state index contributed by atoms with van der Waals surface area (Å²) in [5.74, 6) is 0.619. The Hall–Kier alpha value is -1.87. The molecule has 2 aromatic rings. The predicted molar refractivity (Wildman–Crippen MR) is 85.1 cm³/mol. The van der Waals surface area contributed by atoms with E-state index in [1.807, 2.05) is 31.2 Å². The Bertz CT molecular complexity index is 590. The largest absolute Gasteiger partial charge is 0.497 e. The van der Waals surface area contributed by atoms with E-state index in [0.29, 0.717) is 0 Å². The maximum atomic E-state index is 13.7. The van der Waals surface area contributed by atoms with Crippen molar-refractivity contribution in [2.24, 2.45) is 0 Å². The summed E-state index contributed by atoms with van der Waals surface area (Å²) in [5, 5.41) is 3.39. The number of benzene rings is 2. The Balaban J connectivity index is 2.40. The second kappa shape index (κ2) is 7.23. The van der Waals surface area contributed by atoms with Gasteiger partial charge in [0.15, 0.2) is 0 Å². The quantitative estimate of drug-likeness (QED) is 0.799. The van der Waals surface area contributed by atoms with Crippen LogP contribution in [0.5, 0.6) is 5.75 Å². The number of methoxy groups -OCH3 is 1. The molecule has 0 aromatic heterocycles. The van der Waals surface area contributed by atoms with Gasteiger partial charge in [0, 0.05) is 6.54 Å². The number of hydrogen-bond donors (Lipinski definition) is 1. The van der Waals surface area contributed by atoms with E-state index in [0.717, 1.165) is 47.5 Å². The summed E-state index contributed by atoms with van der Waals surface area (Å²) in [7, 11) is 1.66. The smallest absolute Gasteiger partial charge is 0.124 e. The number of halogens is 1. The molecule has 0 saturated heterocycles. The average molecular weight is 287 g/mol. The Morgan fingerprint density at radius 1 is 1.14 bits per heavy atom. The van der Waals surface area contributed by atoms with Gasteiger partial charge in [-0.3, -0.25) is 0 Å². The molecule has 0 unspecified atom stereocenters. The highest BCUT2D eigenvalue weighted by Gasteiger charge is 2.08. The van der Waals surface area contributed by atoms with Crippen LogP contribution in [0.1, 0.15) is 24.5 Å². The molecule has 2 aromatic carbocycles. The standard InChI is InChI=1S/C18H22FNO/c1-4-7-20-12-15-11-17(21-3)5-6-18(15)14-8-13(2)9-16(19)10-14/h5-6,8-11,20H,4,7,12H2,1-3H3. The molecular formula is C18H22FNO. The predicted octanol–water partition coefficient (Wildman–Crippen LogP) is 4.31. The zero-order valence-electron chi connectivity index (χ0n) is 12.9. The van der Waals surface area contributed by atoms with Crippen LogP contribution in [-0.2, 0) is 6.54 Å². The van der Waals surface area contributed by atoms with E-state index >= 15 is 0 Å². The SMILES string of the molecule is CCCNCc1cc(OC)ccc1-c1cc(C)cc(F)c1. The summed E-state index contributed by atoms with van der Waals surface area (Å²) in [6.07, 6.45) is 1.08. The molecule has 21 heavy (non-hydrogen) atoms. The molecule has 0 spiro atoms. The zero-order chi connectivity index (χ0) is 15.2. The summed E-state index contributed by atoms with van der Waals surface area (Å²) in [6.45, 7) is 5.75. The minimum Gasteiger partial charge on any atom is -0.497 e. The van der Waals surface area contributed by atoms with Gasteiger partial charge in [0.1, 0.15) is 11.6 Å². The van der Waals surface area contributed by atoms with Crippen molar-refractivity contribution < 1.29 is 9.13 Å². The van der Waals surface area contributed by atoms with Gasteiger partial charge in [-0.2, -0.15) is 0 Å². The van der Waals surface area contributed by atoms with Gasteiger partial charge in [-0.25, -0.2) is 4.39 Å². The van der Waals surface area contributed by atoms with Crippen LogP contribution in [0, 0.1) is 12.7 Å². The molecule has 0 saturated carbocycles. The lowest BCUT2D eigenvalue weighted by Gasteiger charge is -2.13. The summed E-state index contributed by atoms with van der Waals surface area (Å²) in [4.78, 5) is 0. The van der Waals surface area contributed by atoms with Crippen LogP contribution in [0.25, 0.3) is 11.1 Å². The Kier molecular flexibility index (Phi) is 5.34. The highest BCUT2D eigenvalue weighted by atomic mass is 19.1. The molecule has 2 rings (SSSR count). The first kappa shape index (κ1) is 15.5. The van der Waals surface area contributed by atoms with Crippen LogP contribution >= 0.6 is 0 Å². The van der Waals surface area contributed by atoms with E-state index in [-0.39, 0.29) is 5.82 Å². The van der Waals surface area contributed by atoms with E-state index in [4.69, 9.17) is 4.74 Å². The number of nitrogens with one attached hydrogen (secondary N) is 1.